The Morgan fingerprint density at radius 2 is 2.11 bits per heavy atom. The third-order valence-corrected chi connectivity index (χ3v) is 3.21. The Balaban J connectivity index is 1.94. The number of carbonyl (C=O) groups excluding carboxylic acids is 1. The molecule has 104 valence electrons. The van der Waals surface area contributed by atoms with Crippen molar-refractivity contribution in [3.05, 3.63) is 17.8 Å². The maximum absolute atomic E-state index is 11.3. The highest BCUT2D eigenvalue weighted by atomic mass is 16.5. The van der Waals surface area contributed by atoms with Crippen LogP contribution in [0.2, 0.25) is 0 Å². The number of esters is 1. The highest BCUT2D eigenvalue weighted by Crippen LogP contribution is 2.19. The van der Waals surface area contributed by atoms with Crippen molar-refractivity contribution in [2.45, 2.75) is 25.9 Å². The van der Waals surface area contributed by atoms with Crippen LogP contribution in [-0.4, -0.2) is 49.1 Å². The lowest BCUT2D eigenvalue weighted by Gasteiger charge is -2.32. The van der Waals surface area contributed by atoms with Crippen molar-refractivity contribution < 1.29 is 14.3 Å². The summed E-state index contributed by atoms with van der Waals surface area (Å²) in [5.41, 5.74) is 0.232. The monoisotopic (exact) mass is 265 g/mol. The number of rotatable bonds is 4. The van der Waals surface area contributed by atoms with Crippen molar-refractivity contribution in [1.29, 1.82) is 0 Å². The molecular weight excluding hydrogens is 246 g/mol. The molecule has 0 radical (unpaired) electrons. The predicted molar refractivity (Wildman–Crippen MR) is 70.2 cm³/mol. The third kappa shape index (κ3) is 3.41. The molecule has 6 nitrogen and oxygen atoms in total. The summed E-state index contributed by atoms with van der Waals surface area (Å²) < 4.78 is 10.2. The minimum atomic E-state index is -0.464. The van der Waals surface area contributed by atoms with Gasteiger partial charge in [-0.25, -0.2) is 4.79 Å². The zero-order chi connectivity index (χ0) is 13.7. The Hall–Kier alpha value is -1.69. The van der Waals surface area contributed by atoms with E-state index in [1.807, 2.05) is 6.92 Å². The van der Waals surface area contributed by atoms with Gasteiger partial charge in [-0.2, -0.15) is 0 Å². The molecule has 6 heteroatoms. The highest BCUT2D eigenvalue weighted by molar-refractivity contribution is 5.86. The summed E-state index contributed by atoms with van der Waals surface area (Å²) in [4.78, 5) is 13.4. The molecule has 1 saturated heterocycles. The summed E-state index contributed by atoms with van der Waals surface area (Å²) in [6, 6.07) is 3.45. The van der Waals surface area contributed by atoms with Crippen LogP contribution in [0.15, 0.2) is 12.1 Å². The molecule has 0 unspecified atom stereocenters. The molecule has 2 heterocycles. The van der Waals surface area contributed by atoms with E-state index < -0.39 is 5.97 Å². The predicted octanol–water partition coefficient (Wildman–Crippen LogP) is 1.27. The zero-order valence-corrected chi connectivity index (χ0v) is 11.3. The summed E-state index contributed by atoms with van der Waals surface area (Å²) in [6.07, 6.45) is 2.34. The van der Waals surface area contributed by atoms with Crippen LogP contribution in [0.4, 0.5) is 5.82 Å². The van der Waals surface area contributed by atoms with Crippen LogP contribution >= 0.6 is 0 Å². The molecule has 19 heavy (non-hydrogen) atoms. The number of piperidine rings is 1. The second kappa shape index (κ2) is 6.47. The molecule has 1 aliphatic rings. The van der Waals surface area contributed by atoms with E-state index in [1.165, 1.54) is 7.11 Å². The number of carbonyl (C=O) groups is 1. The van der Waals surface area contributed by atoms with Crippen LogP contribution in [0, 0.1) is 0 Å². The first-order valence-corrected chi connectivity index (χ1v) is 6.53. The van der Waals surface area contributed by atoms with Gasteiger partial charge in [0.1, 0.15) is 0 Å². The van der Waals surface area contributed by atoms with Gasteiger partial charge in [0.15, 0.2) is 11.5 Å². The smallest absolute Gasteiger partial charge is 0.358 e. The van der Waals surface area contributed by atoms with Gasteiger partial charge in [0.25, 0.3) is 0 Å². The maximum Gasteiger partial charge on any atom is 0.358 e. The number of anilines is 1. The quantitative estimate of drug-likeness (QED) is 0.764. The minimum Gasteiger partial charge on any atom is -0.464 e. The van der Waals surface area contributed by atoms with E-state index in [2.05, 4.69) is 19.8 Å². The molecule has 1 aliphatic heterocycles. The molecule has 0 atom stereocenters. The fourth-order valence-corrected chi connectivity index (χ4v) is 2.19. The van der Waals surface area contributed by atoms with Gasteiger partial charge in [-0.15, -0.1) is 10.2 Å². The molecule has 0 aromatic carbocycles. The second-order valence-electron chi connectivity index (χ2n) is 4.41. The van der Waals surface area contributed by atoms with Crippen LogP contribution in [0.25, 0.3) is 0 Å². The lowest BCUT2D eigenvalue weighted by atomic mass is 10.1. The third-order valence-electron chi connectivity index (χ3n) is 3.21. The highest BCUT2D eigenvalue weighted by Gasteiger charge is 2.20. The van der Waals surface area contributed by atoms with Gasteiger partial charge in [-0.1, -0.05) is 0 Å². The number of methoxy groups -OCH3 is 1. The van der Waals surface area contributed by atoms with E-state index in [-0.39, 0.29) is 5.69 Å². The molecule has 0 amide bonds. The minimum absolute atomic E-state index is 0.232. The first kappa shape index (κ1) is 13.7. The largest absolute Gasteiger partial charge is 0.464 e. The van der Waals surface area contributed by atoms with E-state index in [0.717, 1.165) is 38.4 Å². The van der Waals surface area contributed by atoms with Crippen molar-refractivity contribution >= 4 is 11.8 Å². The van der Waals surface area contributed by atoms with Crippen molar-refractivity contribution in [2.75, 3.05) is 31.7 Å². The summed E-state index contributed by atoms with van der Waals surface area (Å²) >= 11 is 0. The molecule has 0 bridgehead atoms. The van der Waals surface area contributed by atoms with E-state index in [1.54, 1.807) is 12.1 Å². The Morgan fingerprint density at radius 1 is 1.37 bits per heavy atom. The van der Waals surface area contributed by atoms with Gasteiger partial charge >= 0.3 is 5.97 Å². The number of hydrogen-bond donors (Lipinski definition) is 0. The Kier molecular flexibility index (Phi) is 4.68. The standard InChI is InChI=1S/C13H19N3O3/c1-3-19-10-6-8-16(9-7-10)12-5-4-11(14-15-12)13(17)18-2/h4-5,10H,3,6-9H2,1-2H3. The molecular formula is C13H19N3O3. The Bertz CT molecular complexity index is 414. The maximum atomic E-state index is 11.3. The molecule has 1 aromatic rings. The summed E-state index contributed by atoms with van der Waals surface area (Å²) in [7, 11) is 1.33. The molecule has 0 spiro atoms. The number of nitrogens with zero attached hydrogens (tertiary/aromatic N) is 3. The van der Waals surface area contributed by atoms with Crippen LogP contribution in [0.3, 0.4) is 0 Å². The van der Waals surface area contributed by atoms with E-state index >= 15 is 0 Å². The number of ether oxygens (including phenoxy) is 2. The normalized spacial score (nSPS) is 16.4. The molecule has 0 N–H and O–H groups in total. The fourth-order valence-electron chi connectivity index (χ4n) is 2.19. The van der Waals surface area contributed by atoms with E-state index in [4.69, 9.17) is 4.74 Å². The zero-order valence-electron chi connectivity index (χ0n) is 11.3. The summed E-state index contributed by atoms with van der Waals surface area (Å²) in [5, 5.41) is 7.96. The first-order valence-electron chi connectivity index (χ1n) is 6.53. The number of aromatic nitrogens is 2. The van der Waals surface area contributed by atoms with E-state index in [0.29, 0.717) is 6.10 Å². The summed E-state index contributed by atoms with van der Waals surface area (Å²) in [5.74, 6) is 0.330. The topological polar surface area (TPSA) is 64.5 Å². The van der Waals surface area contributed by atoms with Crippen molar-refractivity contribution in [3.63, 3.8) is 0 Å². The Morgan fingerprint density at radius 3 is 2.63 bits per heavy atom. The van der Waals surface area contributed by atoms with Crippen molar-refractivity contribution in [3.8, 4) is 0 Å². The van der Waals surface area contributed by atoms with Crippen LogP contribution < -0.4 is 4.90 Å². The molecule has 0 aliphatic carbocycles. The van der Waals surface area contributed by atoms with Gasteiger partial charge in [0, 0.05) is 19.7 Å². The van der Waals surface area contributed by atoms with Crippen LogP contribution in [0.5, 0.6) is 0 Å². The van der Waals surface area contributed by atoms with Gasteiger partial charge in [-0.3, -0.25) is 0 Å². The lowest BCUT2D eigenvalue weighted by molar-refractivity contribution is 0.0458. The number of hydrogen-bond acceptors (Lipinski definition) is 6. The lowest BCUT2D eigenvalue weighted by Crippen LogP contribution is -2.37. The van der Waals surface area contributed by atoms with Crippen molar-refractivity contribution in [1.82, 2.24) is 10.2 Å². The van der Waals surface area contributed by atoms with Gasteiger partial charge in [0.05, 0.1) is 13.2 Å². The van der Waals surface area contributed by atoms with Gasteiger partial charge in [-0.05, 0) is 31.9 Å². The molecule has 0 saturated carbocycles. The summed E-state index contributed by atoms with van der Waals surface area (Å²) in [6.45, 7) is 4.58. The first-order chi connectivity index (χ1) is 9.24. The Labute approximate surface area is 112 Å². The van der Waals surface area contributed by atoms with Crippen LogP contribution in [-0.2, 0) is 9.47 Å². The van der Waals surface area contributed by atoms with Gasteiger partial charge in [0.2, 0.25) is 0 Å². The second-order valence-corrected chi connectivity index (χ2v) is 4.41. The molecule has 2 rings (SSSR count). The van der Waals surface area contributed by atoms with E-state index in [9.17, 15) is 4.79 Å². The van der Waals surface area contributed by atoms with Gasteiger partial charge < -0.3 is 14.4 Å². The van der Waals surface area contributed by atoms with Crippen LogP contribution in [0.1, 0.15) is 30.3 Å². The average molecular weight is 265 g/mol. The average Bonchev–Trinajstić information content (AvgIpc) is 2.48. The fraction of sp³-hybridized carbons (Fsp3) is 0.615. The molecule has 1 fully saturated rings. The SMILES string of the molecule is CCOC1CCN(c2ccc(C(=O)OC)nn2)CC1. The van der Waals surface area contributed by atoms with Crippen molar-refractivity contribution in [2.24, 2.45) is 0 Å². The molecule has 1 aromatic heterocycles.